The summed E-state index contributed by atoms with van der Waals surface area (Å²) in [5, 5.41) is 8.52. The Morgan fingerprint density at radius 2 is 1.77 bits per heavy atom. The molecular formula is C24H24N4O6S. The Labute approximate surface area is 202 Å². The van der Waals surface area contributed by atoms with Crippen LogP contribution < -0.4 is 18.9 Å². The highest BCUT2D eigenvalue weighted by Gasteiger charge is 2.28. The molecule has 4 aromatic rings. The molecule has 0 unspecified atom stereocenters. The fourth-order valence-electron chi connectivity index (χ4n) is 3.58. The molecule has 4 rings (SSSR count). The molecule has 0 radical (unpaired) electrons. The van der Waals surface area contributed by atoms with Crippen LogP contribution in [-0.4, -0.2) is 44.7 Å². The highest BCUT2D eigenvalue weighted by atomic mass is 32.2. The van der Waals surface area contributed by atoms with E-state index in [1.54, 1.807) is 35.1 Å². The molecule has 182 valence electrons. The van der Waals surface area contributed by atoms with E-state index in [1.165, 1.54) is 21.3 Å². The molecule has 2 aromatic carbocycles. The molecule has 1 N–H and O–H groups in total. The van der Waals surface area contributed by atoms with Crippen LogP contribution in [0.25, 0.3) is 11.0 Å². The van der Waals surface area contributed by atoms with E-state index >= 15 is 0 Å². The lowest BCUT2D eigenvalue weighted by Crippen LogP contribution is -2.16. The summed E-state index contributed by atoms with van der Waals surface area (Å²) in [6, 6.07) is 8.45. The van der Waals surface area contributed by atoms with Gasteiger partial charge in [0.1, 0.15) is 22.6 Å². The summed E-state index contributed by atoms with van der Waals surface area (Å²) in [6.07, 6.45) is 4.16. The maximum absolute atomic E-state index is 13.5. The van der Waals surface area contributed by atoms with Gasteiger partial charge in [0.25, 0.3) is 10.0 Å². The number of nitrogens with zero attached hydrogens (tertiary/aromatic N) is 3. The average Bonchev–Trinajstić information content (AvgIpc) is 3.51. The number of benzene rings is 2. The topological polar surface area (TPSA) is 118 Å². The number of methoxy groups -OCH3 is 3. The summed E-state index contributed by atoms with van der Waals surface area (Å²) in [5.41, 5.74) is 1.77. The molecule has 10 nitrogen and oxygen atoms in total. The summed E-state index contributed by atoms with van der Waals surface area (Å²) in [6.45, 7) is 2.39. The fraction of sp³-hybridized carbons (Fsp3) is 0.250. The smallest absolute Gasteiger partial charge is 0.270 e. The van der Waals surface area contributed by atoms with Crippen LogP contribution >= 0.6 is 0 Å². The quantitative estimate of drug-likeness (QED) is 0.367. The van der Waals surface area contributed by atoms with Crippen LogP contribution in [0.5, 0.6) is 17.2 Å². The second-order valence-electron chi connectivity index (χ2n) is 7.38. The minimum atomic E-state index is -4.21. The fourth-order valence-corrected chi connectivity index (χ4v) is 4.89. The molecule has 2 aromatic heterocycles. The van der Waals surface area contributed by atoms with Crippen LogP contribution in [0.15, 0.2) is 52.1 Å². The van der Waals surface area contributed by atoms with E-state index in [0.717, 1.165) is 5.56 Å². The van der Waals surface area contributed by atoms with Crippen molar-refractivity contribution in [3.63, 3.8) is 0 Å². The van der Waals surface area contributed by atoms with Gasteiger partial charge in [0.15, 0.2) is 16.3 Å². The average molecular weight is 497 g/mol. The predicted molar refractivity (Wildman–Crippen MR) is 129 cm³/mol. The van der Waals surface area contributed by atoms with Crippen LogP contribution in [0.4, 0.5) is 5.82 Å². The molecule has 11 heteroatoms. The summed E-state index contributed by atoms with van der Waals surface area (Å²) < 4.78 is 52.9. The molecule has 0 spiro atoms. The number of rotatable bonds is 8. The molecular weight excluding hydrogens is 472 g/mol. The number of fused-ring (bicyclic) bond motifs is 1. The van der Waals surface area contributed by atoms with Crippen molar-refractivity contribution >= 4 is 26.8 Å². The van der Waals surface area contributed by atoms with Gasteiger partial charge in [-0.1, -0.05) is 23.9 Å². The predicted octanol–water partition coefficient (Wildman–Crippen LogP) is 3.66. The third kappa shape index (κ3) is 4.88. The molecule has 35 heavy (non-hydrogen) atoms. The zero-order chi connectivity index (χ0) is 25.0. The number of sulfonamides is 1. The van der Waals surface area contributed by atoms with Crippen molar-refractivity contribution in [1.29, 1.82) is 0 Å². The molecule has 0 aliphatic carbocycles. The lowest BCUT2D eigenvalue weighted by atomic mass is 10.1. The minimum Gasteiger partial charge on any atom is -0.496 e. The van der Waals surface area contributed by atoms with Gasteiger partial charge in [-0.15, -0.1) is 0 Å². The van der Waals surface area contributed by atoms with Crippen molar-refractivity contribution in [3.05, 3.63) is 53.9 Å². The number of nitrogens with one attached hydrogen (secondary N) is 1. The minimum absolute atomic E-state index is 0.0264. The molecule has 2 heterocycles. The van der Waals surface area contributed by atoms with E-state index in [0.29, 0.717) is 35.2 Å². The van der Waals surface area contributed by atoms with Gasteiger partial charge >= 0.3 is 0 Å². The lowest BCUT2D eigenvalue weighted by Gasteiger charge is -2.15. The summed E-state index contributed by atoms with van der Waals surface area (Å²) >= 11 is 0. The first-order valence-electron chi connectivity index (χ1n) is 10.6. The van der Waals surface area contributed by atoms with E-state index in [1.807, 2.05) is 19.2 Å². The highest BCUT2D eigenvalue weighted by molar-refractivity contribution is 7.93. The van der Waals surface area contributed by atoms with Gasteiger partial charge in [-0.25, -0.2) is 8.42 Å². The third-order valence-corrected chi connectivity index (χ3v) is 6.49. The monoisotopic (exact) mass is 496 g/mol. The Balaban J connectivity index is 1.76. The van der Waals surface area contributed by atoms with Crippen molar-refractivity contribution < 1.29 is 27.2 Å². The van der Waals surface area contributed by atoms with Crippen molar-refractivity contribution in [2.24, 2.45) is 0 Å². The van der Waals surface area contributed by atoms with Crippen LogP contribution in [0.3, 0.4) is 0 Å². The summed E-state index contributed by atoms with van der Waals surface area (Å²) in [5.74, 6) is 6.43. The van der Waals surface area contributed by atoms with E-state index in [-0.39, 0.29) is 22.2 Å². The van der Waals surface area contributed by atoms with Crippen LogP contribution in [0, 0.1) is 11.8 Å². The van der Waals surface area contributed by atoms with Gasteiger partial charge in [0, 0.05) is 24.4 Å². The first kappa shape index (κ1) is 24.0. The summed E-state index contributed by atoms with van der Waals surface area (Å²) in [4.78, 5) is -0.185. The van der Waals surface area contributed by atoms with E-state index in [4.69, 9.17) is 18.7 Å². The van der Waals surface area contributed by atoms with Gasteiger partial charge in [-0.3, -0.25) is 9.40 Å². The van der Waals surface area contributed by atoms with Gasteiger partial charge in [0.2, 0.25) is 0 Å². The number of hydrogen-bond acceptors (Lipinski definition) is 8. The summed E-state index contributed by atoms with van der Waals surface area (Å²) in [7, 11) is 0.0230. The molecule has 0 aliphatic rings. The van der Waals surface area contributed by atoms with E-state index in [9.17, 15) is 8.42 Å². The first-order valence-corrected chi connectivity index (χ1v) is 12.1. The second kappa shape index (κ2) is 9.99. The molecule has 0 saturated carbocycles. The second-order valence-corrected chi connectivity index (χ2v) is 9.00. The lowest BCUT2D eigenvalue weighted by molar-refractivity contribution is 0.373. The largest absolute Gasteiger partial charge is 0.496 e. The Kier molecular flexibility index (Phi) is 6.84. The third-order valence-electron chi connectivity index (χ3n) is 5.09. The zero-order valence-corrected chi connectivity index (χ0v) is 20.5. The number of anilines is 1. The first-order chi connectivity index (χ1) is 16.9. The maximum atomic E-state index is 13.5. The molecule has 0 bridgehead atoms. The number of aromatic nitrogens is 3. The van der Waals surface area contributed by atoms with Crippen LogP contribution in [0.1, 0.15) is 24.5 Å². The van der Waals surface area contributed by atoms with Gasteiger partial charge in [0.05, 0.1) is 27.9 Å². The van der Waals surface area contributed by atoms with Gasteiger partial charge < -0.3 is 18.7 Å². The van der Waals surface area contributed by atoms with E-state index < -0.39 is 10.0 Å². The normalized spacial score (nSPS) is 11.1. The van der Waals surface area contributed by atoms with E-state index in [2.05, 4.69) is 26.8 Å². The molecule has 0 atom stereocenters. The number of hydrogen-bond donors (Lipinski definition) is 1. The zero-order valence-electron chi connectivity index (χ0n) is 19.7. The van der Waals surface area contributed by atoms with Crippen molar-refractivity contribution in [2.45, 2.75) is 24.8 Å². The van der Waals surface area contributed by atoms with Gasteiger partial charge in [-0.05, 0) is 35.9 Å². The Bertz CT molecular complexity index is 1490. The van der Waals surface area contributed by atoms with Crippen LogP contribution in [0.2, 0.25) is 0 Å². The maximum Gasteiger partial charge on any atom is 0.270 e. The Morgan fingerprint density at radius 3 is 2.37 bits per heavy atom. The standard InChI is InChI=1S/C24H24N4O6S/c1-5-6-8-16-11-20(32-3)23(21(12-16)33-4)35(29,30)27-24-22-18(31-2)13-17(14-19(22)34-26-24)15-28-10-7-9-25-28/h7,9-14H,5,15H2,1-4H3,(H,26,27). The molecule has 0 fully saturated rings. The van der Waals surface area contributed by atoms with Gasteiger partial charge in [-0.2, -0.15) is 5.10 Å². The van der Waals surface area contributed by atoms with Crippen molar-refractivity contribution in [2.75, 3.05) is 26.1 Å². The number of ether oxygens (including phenoxy) is 3. The Hall–Kier alpha value is -4.17. The van der Waals surface area contributed by atoms with Crippen LogP contribution in [-0.2, 0) is 16.6 Å². The molecule has 0 amide bonds. The van der Waals surface area contributed by atoms with Crippen molar-refractivity contribution in [3.8, 4) is 29.1 Å². The SMILES string of the molecule is CCC#Cc1cc(OC)c(S(=O)(=O)Nc2noc3cc(Cn4cccn4)cc(OC)c23)c(OC)c1. The molecule has 0 aliphatic heterocycles. The van der Waals surface area contributed by atoms with Crippen molar-refractivity contribution in [1.82, 2.24) is 14.9 Å². The molecule has 0 saturated heterocycles. The Morgan fingerprint density at radius 1 is 1.06 bits per heavy atom. The highest BCUT2D eigenvalue weighted by Crippen LogP contribution is 2.39.